The first-order valence-electron chi connectivity index (χ1n) is 6.20. The van der Waals surface area contributed by atoms with Crippen molar-refractivity contribution in [2.45, 2.75) is 19.4 Å². The molecule has 1 amide bonds. The fourth-order valence-electron chi connectivity index (χ4n) is 1.73. The molecule has 0 aromatic heterocycles. The van der Waals surface area contributed by atoms with Crippen molar-refractivity contribution in [1.82, 2.24) is 4.90 Å². The van der Waals surface area contributed by atoms with Gasteiger partial charge in [0, 0.05) is 18.7 Å². The second-order valence-electron chi connectivity index (χ2n) is 4.50. The topological polar surface area (TPSA) is 55.6 Å². The van der Waals surface area contributed by atoms with E-state index in [1.54, 1.807) is 42.0 Å². The lowest BCUT2D eigenvalue weighted by Crippen LogP contribution is -2.35. The number of hydrogen-bond acceptors (Lipinski definition) is 4. The highest BCUT2D eigenvalue weighted by molar-refractivity contribution is 7.98. The quantitative estimate of drug-likeness (QED) is 0.814. The van der Waals surface area contributed by atoms with Crippen molar-refractivity contribution >= 4 is 23.4 Å². The number of amides is 1. The number of anilines is 1. The van der Waals surface area contributed by atoms with E-state index in [1.165, 1.54) is 0 Å². The van der Waals surface area contributed by atoms with Crippen LogP contribution in [0.2, 0.25) is 0 Å². The molecule has 0 radical (unpaired) electrons. The molecule has 5 heteroatoms. The van der Waals surface area contributed by atoms with E-state index in [1.807, 2.05) is 7.05 Å². The summed E-state index contributed by atoms with van der Waals surface area (Å²) in [5.41, 5.74) is 6.89. The molecule has 106 valence electrons. The van der Waals surface area contributed by atoms with E-state index >= 15 is 0 Å². The Kier molecular flexibility index (Phi) is 6.02. The van der Waals surface area contributed by atoms with Gasteiger partial charge in [0.1, 0.15) is 5.75 Å². The number of carbonyl (C=O) groups is 1. The van der Waals surface area contributed by atoms with Gasteiger partial charge in [0.2, 0.25) is 0 Å². The molecule has 0 aliphatic heterocycles. The average molecular weight is 282 g/mol. The van der Waals surface area contributed by atoms with Gasteiger partial charge in [-0.25, -0.2) is 0 Å². The lowest BCUT2D eigenvalue weighted by molar-refractivity contribution is 0.0741. The molecule has 0 saturated carbocycles. The highest BCUT2D eigenvalue weighted by atomic mass is 32.2. The fraction of sp³-hybridized carbons (Fsp3) is 0.500. The van der Waals surface area contributed by atoms with Crippen molar-refractivity contribution in [2.75, 3.05) is 31.9 Å². The number of nitrogens with two attached hydrogens (primary N) is 1. The van der Waals surface area contributed by atoms with Crippen LogP contribution in [0.1, 0.15) is 23.7 Å². The average Bonchev–Trinajstić information content (AvgIpc) is 2.43. The smallest absolute Gasteiger partial charge is 0.253 e. The molecule has 0 aliphatic rings. The lowest BCUT2D eigenvalue weighted by atomic mass is 10.1. The highest BCUT2D eigenvalue weighted by Crippen LogP contribution is 2.23. The van der Waals surface area contributed by atoms with E-state index in [9.17, 15) is 4.79 Å². The Morgan fingerprint density at radius 3 is 2.79 bits per heavy atom. The van der Waals surface area contributed by atoms with Crippen LogP contribution in [0.5, 0.6) is 5.75 Å². The molecule has 1 atom stereocenters. The van der Waals surface area contributed by atoms with Crippen LogP contribution in [0.4, 0.5) is 5.69 Å². The second-order valence-corrected chi connectivity index (χ2v) is 5.49. The highest BCUT2D eigenvalue weighted by Gasteiger charge is 2.18. The van der Waals surface area contributed by atoms with Crippen LogP contribution >= 0.6 is 11.8 Å². The van der Waals surface area contributed by atoms with E-state index in [4.69, 9.17) is 10.5 Å². The second kappa shape index (κ2) is 7.28. The maximum atomic E-state index is 12.4. The Morgan fingerprint density at radius 2 is 2.21 bits per heavy atom. The Labute approximate surface area is 119 Å². The third kappa shape index (κ3) is 4.06. The van der Waals surface area contributed by atoms with E-state index in [-0.39, 0.29) is 11.9 Å². The molecular formula is C14H22N2O2S. The molecule has 1 aromatic carbocycles. The van der Waals surface area contributed by atoms with Crippen LogP contribution in [0.25, 0.3) is 0 Å². The largest absolute Gasteiger partial charge is 0.495 e. The number of rotatable bonds is 6. The molecule has 1 unspecified atom stereocenters. The molecular weight excluding hydrogens is 260 g/mol. The van der Waals surface area contributed by atoms with Gasteiger partial charge in [0.15, 0.2) is 0 Å². The summed E-state index contributed by atoms with van der Waals surface area (Å²) in [7, 11) is 3.38. The Morgan fingerprint density at radius 1 is 1.53 bits per heavy atom. The van der Waals surface area contributed by atoms with Crippen molar-refractivity contribution in [3.05, 3.63) is 23.8 Å². The molecule has 0 fully saturated rings. The standard InChI is InChI=1S/C14H22N2O2S/c1-10(7-8-19-4)16(2)14(17)11-5-6-12(15)13(9-11)18-3/h5-6,9-10H,7-8,15H2,1-4H3. The van der Waals surface area contributed by atoms with Gasteiger partial charge in [0.25, 0.3) is 5.91 Å². The number of hydrogen-bond donors (Lipinski definition) is 1. The summed E-state index contributed by atoms with van der Waals surface area (Å²) in [6.07, 6.45) is 3.05. The minimum Gasteiger partial charge on any atom is -0.495 e. The van der Waals surface area contributed by atoms with Gasteiger partial charge in [-0.3, -0.25) is 4.79 Å². The van der Waals surface area contributed by atoms with Crippen LogP contribution in [0.3, 0.4) is 0 Å². The van der Waals surface area contributed by atoms with Crippen LogP contribution < -0.4 is 10.5 Å². The van der Waals surface area contributed by atoms with Gasteiger partial charge >= 0.3 is 0 Å². The van der Waals surface area contributed by atoms with Gasteiger partial charge in [-0.1, -0.05) is 0 Å². The molecule has 0 bridgehead atoms. The number of methoxy groups -OCH3 is 1. The Bertz CT molecular complexity index is 437. The van der Waals surface area contributed by atoms with Crippen molar-refractivity contribution in [2.24, 2.45) is 0 Å². The van der Waals surface area contributed by atoms with Gasteiger partial charge in [0.05, 0.1) is 12.8 Å². The SMILES string of the molecule is COc1cc(C(=O)N(C)C(C)CCSC)ccc1N. The third-order valence-electron chi connectivity index (χ3n) is 3.20. The monoisotopic (exact) mass is 282 g/mol. The predicted molar refractivity (Wildman–Crippen MR) is 82.0 cm³/mol. The molecule has 1 rings (SSSR count). The van der Waals surface area contributed by atoms with Crippen molar-refractivity contribution in [1.29, 1.82) is 0 Å². The molecule has 0 aliphatic carbocycles. The maximum absolute atomic E-state index is 12.4. The number of nitrogen functional groups attached to an aromatic ring is 1. The number of nitrogens with zero attached hydrogens (tertiary/aromatic N) is 1. The van der Waals surface area contributed by atoms with Gasteiger partial charge in [-0.2, -0.15) is 11.8 Å². The summed E-state index contributed by atoms with van der Waals surface area (Å²) in [6.45, 7) is 2.06. The summed E-state index contributed by atoms with van der Waals surface area (Å²) in [5.74, 6) is 1.58. The summed E-state index contributed by atoms with van der Waals surface area (Å²) >= 11 is 1.79. The molecule has 0 spiro atoms. The first-order chi connectivity index (χ1) is 9.01. The summed E-state index contributed by atoms with van der Waals surface area (Å²) in [4.78, 5) is 14.1. The minimum atomic E-state index is -0.00750. The molecule has 0 saturated heterocycles. The van der Waals surface area contributed by atoms with Crippen molar-refractivity contribution < 1.29 is 9.53 Å². The third-order valence-corrected chi connectivity index (χ3v) is 3.85. The number of benzene rings is 1. The molecule has 19 heavy (non-hydrogen) atoms. The molecule has 2 N–H and O–H groups in total. The van der Waals surface area contributed by atoms with Crippen molar-refractivity contribution in [3.63, 3.8) is 0 Å². The van der Waals surface area contributed by atoms with Crippen LogP contribution in [0.15, 0.2) is 18.2 Å². The van der Waals surface area contributed by atoms with Crippen LogP contribution in [-0.4, -0.2) is 43.0 Å². The molecule has 1 aromatic rings. The molecule has 0 heterocycles. The van der Waals surface area contributed by atoms with E-state index < -0.39 is 0 Å². The van der Waals surface area contributed by atoms with Gasteiger partial charge in [-0.05, 0) is 43.6 Å². The zero-order valence-electron chi connectivity index (χ0n) is 12.0. The normalized spacial score (nSPS) is 12.0. The van der Waals surface area contributed by atoms with E-state index in [2.05, 4.69) is 13.2 Å². The zero-order valence-corrected chi connectivity index (χ0v) is 12.8. The zero-order chi connectivity index (χ0) is 14.4. The lowest BCUT2D eigenvalue weighted by Gasteiger charge is -2.25. The fourth-order valence-corrected chi connectivity index (χ4v) is 2.31. The van der Waals surface area contributed by atoms with Crippen LogP contribution in [0, 0.1) is 0 Å². The summed E-state index contributed by atoms with van der Waals surface area (Å²) in [5, 5.41) is 0. The van der Waals surface area contributed by atoms with Crippen LogP contribution in [-0.2, 0) is 0 Å². The van der Waals surface area contributed by atoms with E-state index in [0.29, 0.717) is 17.0 Å². The predicted octanol–water partition coefficient (Wildman–Crippen LogP) is 2.49. The first-order valence-corrected chi connectivity index (χ1v) is 7.60. The van der Waals surface area contributed by atoms with E-state index in [0.717, 1.165) is 12.2 Å². The summed E-state index contributed by atoms with van der Waals surface area (Å²) < 4.78 is 5.14. The summed E-state index contributed by atoms with van der Waals surface area (Å²) in [6, 6.07) is 5.34. The van der Waals surface area contributed by atoms with Crippen molar-refractivity contribution in [3.8, 4) is 5.75 Å². The number of carbonyl (C=O) groups excluding carboxylic acids is 1. The van der Waals surface area contributed by atoms with Gasteiger partial charge in [-0.15, -0.1) is 0 Å². The Balaban J connectivity index is 2.81. The van der Waals surface area contributed by atoms with Gasteiger partial charge < -0.3 is 15.4 Å². The first kappa shape index (κ1) is 15.7. The maximum Gasteiger partial charge on any atom is 0.253 e. The number of thioether (sulfide) groups is 1. The Hall–Kier alpha value is -1.36. The molecule has 4 nitrogen and oxygen atoms in total. The minimum absolute atomic E-state index is 0.00750. The number of ether oxygens (including phenoxy) is 1.